The predicted octanol–water partition coefficient (Wildman–Crippen LogP) is 1.51. The van der Waals surface area contributed by atoms with Crippen LogP contribution >= 0.6 is 0 Å². The fraction of sp³-hybridized carbons (Fsp3) is 0.462. The third-order valence-electron chi connectivity index (χ3n) is 2.97. The maximum atomic E-state index is 6.24. The van der Waals surface area contributed by atoms with Crippen molar-refractivity contribution >= 4 is 0 Å². The summed E-state index contributed by atoms with van der Waals surface area (Å²) in [5.41, 5.74) is 7.17. The van der Waals surface area contributed by atoms with Gasteiger partial charge in [-0.25, -0.2) is 9.67 Å². The number of nitrogens with two attached hydrogens (primary N) is 1. The molecule has 0 spiro atoms. The largest absolute Gasteiger partial charge is 0.495 e. The van der Waals surface area contributed by atoms with Crippen molar-refractivity contribution in [2.24, 2.45) is 5.73 Å². The standard InChI is InChI=1S/C13H19N5O/c1-9(2)18-13(16-8-17-18)6-11(14)10-4-5-15-7-12(10)19-3/h4-5,7-9,11H,6,14H2,1-3H3. The van der Waals surface area contributed by atoms with Gasteiger partial charge in [0.05, 0.1) is 13.3 Å². The molecule has 0 radical (unpaired) electrons. The van der Waals surface area contributed by atoms with Crippen LogP contribution in [-0.4, -0.2) is 26.9 Å². The molecule has 1 unspecified atom stereocenters. The molecule has 0 aromatic carbocycles. The van der Waals surface area contributed by atoms with Crippen molar-refractivity contribution in [3.05, 3.63) is 36.2 Å². The maximum absolute atomic E-state index is 6.24. The summed E-state index contributed by atoms with van der Waals surface area (Å²) in [6.45, 7) is 4.13. The van der Waals surface area contributed by atoms with Crippen molar-refractivity contribution in [2.45, 2.75) is 32.4 Å². The maximum Gasteiger partial charge on any atom is 0.141 e. The first-order valence-electron chi connectivity index (χ1n) is 6.25. The molecule has 0 saturated carbocycles. The zero-order chi connectivity index (χ0) is 13.8. The molecule has 0 saturated heterocycles. The number of hydrogen-bond acceptors (Lipinski definition) is 5. The summed E-state index contributed by atoms with van der Waals surface area (Å²) in [7, 11) is 1.61. The lowest BCUT2D eigenvalue weighted by atomic mass is 10.0. The quantitative estimate of drug-likeness (QED) is 0.882. The van der Waals surface area contributed by atoms with Gasteiger partial charge in [0, 0.05) is 30.3 Å². The lowest BCUT2D eigenvalue weighted by Gasteiger charge is -2.16. The van der Waals surface area contributed by atoms with E-state index in [2.05, 4.69) is 28.9 Å². The second kappa shape index (κ2) is 5.79. The summed E-state index contributed by atoms with van der Waals surface area (Å²) in [4.78, 5) is 8.30. The van der Waals surface area contributed by atoms with Crippen LogP contribution in [0.3, 0.4) is 0 Å². The molecule has 2 aromatic rings. The minimum absolute atomic E-state index is 0.195. The smallest absolute Gasteiger partial charge is 0.141 e. The van der Waals surface area contributed by atoms with Crippen molar-refractivity contribution in [1.82, 2.24) is 19.7 Å². The Balaban J connectivity index is 2.21. The minimum atomic E-state index is -0.195. The van der Waals surface area contributed by atoms with Crippen molar-refractivity contribution < 1.29 is 4.74 Å². The van der Waals surface area contributed by atoms with Gasteiger partial charge in [0.15, 0.2) is 0 Å². The van der Waals surface area contributed by atoms with Gasteiger partial charge in [-0.15, -0.1) is 0 Å². The average molecular weight is 261 g/mol. The lowest BCUT2D eigenvalue weighted by Crippen LogP contribution is -2.18. The van der Waals surface area contributed by atoms with E-state index in [-0.39, 0.29) is 12.1 Å². The van der Waals surface area contributed by atoms with E-state index in [9.17, 15) is 0 Å². The Hall–Kier alpha value is -1.95. The Kier molecular flexibility index (Phi) is 4.11. The lowest BCUT2D eigenvalue weighted by molar-refractivity contribution is 0.402. The molecule has 0 aliphatic carbocycles. The number of ether oxygens (including phenoxy) is 1. The third kappa shape index (κ3) is 2.90. The fourth-order valence-corrected chi connectivity index (χ4v) is 2.03. The van der Waals surface area contributed by atoms with E-state index in [1.54, 1.807) is 25.8 Å². The molecular weight excluding hydrogens is 242 g/mol. The van der Waals surface area contributed by atoms with Gasteiger partial charge in [-0.2, -0.15) is 5.10 Å². The van der Waals surface area contributed by atoms with Gasteiger partial charge >= 0.3 is 0 Å². The van der Waals surface area contributed by atoms with Crippen LogP contribution in [0, 0.1) is 0 Å². The van der Waals surface area contributed by atoms with Crippen LogP contribution in [0.1, 0.15) is 37.3 Å². The van der Waals surface area contributed by atoms with Crippen LogP contribution in [0.2, 0.25) is 0 Å². The summed E-state index contributed by atoms with van der Waals surface area (Å²) < 4.78 is 7.16. The molecular formula is C13H19N5O. The van der Waals surface area contributed by atoms with Gasteiger partial charge in [-0.3, -0.25) is 4.98 Å². The van der Waals surface area contributed by atoms with E-state index in [0.29, 0.717) is 12.2 Å². The Morgan fingerprint density at radius 1 is 1.42 bits per heavy atom. The molecule has 2 rings (SSSR count). The molecule has 102 valence electrons. The normalized spacial score (nSPS) is 12.7. The number of methoxy groups -OCH3 is 1. The molecule has 2 N–H and O–H groups in total. The number of aromatic nitrogens is 4. The van der Waals surface area contributed by atoms with Gasteiger partial charge in [-0.05, 0) is 19.9 Å². The molecule has 6 heteroatoms. The molecule has 0 bridgehead atoms. The Morgan fingerprint density at radius 3 is 2.89 bits per heavy atom. The topological polar surface area (TPSA) is 78.8 Å². The Labute approximate surface area is 112 Å². The van der Waals surface area contributed by atoms with Crippen LogP contribution in [0.25, 0.3) is 0 Å². The number of rotatable bonds is 5. The van der Waals surface area contributed by atoms with Gasteiger partial charge in [0.2, 0.25) is 0 Å². The summed E-state index contributed by atoms with van der Waals surface area (Å²) in [5, 5.41) is 4.21. The van der Waals surface area contributed by atoms with Crippen LogP contribution in [0.5, 0.6) is 5.75 Å². The molecule has 2 aromatic heterocycles. The first-order valence-corrected chi connectivity index (χ1v) is 6.25. The molecule has 1 atom stereocenters. The molecule has 0 fully saturated rings. The Bertz CT molecular complexity index is 537. The zero-order valence-corrected chi connectivity index (χ0v) is 11.4. The SMILES string of the molecule is COc1cnccc1C(N)Cc1ncnn1C(C)C. The van der Waals surface area contributed by atoms with Crippen LogP contribution in [0.4, 0.5) is 0 Å². The van der Waals surface area contributed by atoms with Crippen LogP contribution < -0.4 is 10.5 Å². The number of hydrogen-bond donors (Lipinski definition) is 1. The van der Waals surface area contributed by atoms with Crippen LogP contribution in [0.15, 0.2) is 24.8 Å². The van der Waals surface area contributed by atoms with E-state index in [1.807, 2.05) is 10.7 Å². The molecule has 6 nitrogen and oxygen atoms in total. The van der Waals surface area contributed by atoms with Crippen LogP contribution in [-0.2, 0) is 6.42 Å². The third-order valence-corrected chi connectivity index (χ3v) is 2.97. The molecule has 0 aliphatic heterocycles. The highest BCUT2D eigenvalue weighted by Crippen LogP contribution is 2.24. The van der Waals surface area contributed by atoms with Crippen molar-refractivity contribution in [3.63, 3.8) is 0 Å². The number of pyridine rings is 1. The first-order chi connectivity index (χ1) is 9.13. The van der Waals surface area contributed by atoms with Gasteiger partial charge in [0.25, 0.3) is 0 Å². The van der Waals surface area contributed by atoms with E-state index < -0.39 is 0 Å². The van der Waals surface area contributed by atoms with Gasteiger partial charge < -0.3 is 10.5 Å². The highest BCUT2D eigenvalue weighted by molar-refractivity contribution is 5.33. The summed E-state index contributed by atoms with van der Waals surface area (Å²) in [5.74, 6) is 1.58. The van der Waals surface area contributed by atoms with E-state index in [1.165, 1.54) is 0 Å². The van der Waals surface area contributed by atoms with E-state index >= 15 is 0 Å². The average Bonchev–Trinajstić information content (AvgIpc) is 2.87. The second-order valence-electron chi connectivity index (χ2n) is 4.64. The highest BCUT2D eigenvalue weighted by atomic mass is 16.5. The highest BCUT2D eigenvalue weighted by Gasteiger charge is 2.16. The number of nitrogens with zero attached hydrogens (tertiary/aromatic N) is 4. The predicted molar refractivity (Wildman–Crippen MR) is 71.8 cm³/mol. The molecule has 0 aliphatic rings. The van der Waals surface area contributed by atoms with Gasteiger partial charge in [-0.1, -0.05) is 0 Å². The van der Waals surface area contributed by atoms with Crippen molar-refractivity contribution in [3.8, 4) is 5.75 Å². The van der Waals surface area contributed by atoms with Crippen molar-refractivity contribution in [2.75, 3.05) is 7.11 Å². The van der Waals surface area contributed by atoms with E-state index in [4.69, 9.17) is 10.5 Å². The molecule has 0 amide bonds. The fourth-order valence-electron chi connectivity index (χ4n) is 2.03. The second-order valence-corrected chi connectivity index (χ2v) is 4.64. The molecule has 19 heavy (non-hydrogen) atoms. The minimum Gasteiger partial charge on any atom is -0.495 e. The summed E-state index contributed by atoms with van der Waals surface area (Å²) >= 11 is 0. The first kappa shape index (κ1) is 13.5. The monoisotopic (exact) mass is 261 g/mol. The summed E-state index contributed by atoms with van der Waals surface area (Å²) in [6, 6.07) is 1.95. The zero-order valence-electron chi connectivity index (χ0n) is 11.4. The summed E-state index contributed by atoms with van der Waals surface area (Å²) in [6.07, 6.45) is 5.55. The molecule has 2 heterocycles. The van der Waals surface area contributed by atoms with Gasteiger partial charge in [0.1, 0.15) is 17.9 Å². The van der Waals surface area contributed by atoms with E-state index in [0.717, 1.165) is 11.4 Å². The Morgan fingerprint density at radius 2 is 2.21 bits per heavy atom. The van der Waals surface area contributed by atoms with Crippen molar-refractivity contribution in [1.29, 1.82) is 0 Å².